The maximum Gasteiger partial charge on any atom is 0.305 e. The molecule has 0 aromatic carbocycles. The van der Waals surface area contributed by atoms with Gasteiger partial charge in [0, 0.05) is 12.3 Å². The Morgan fingerprint density at radius 3 is 1.85 bits per heavy atom. The van der Waals surface area contributed by atoms with Crippen LogP contribution in [0.25, 0.3) is 0 Å². The maximum absolute atomic E-state index is 11.6. The van der Waals surface area contributed by atoms with Crippen LogP contribution in [0.3, 0.4) is 0 Å². The first-order valence-electron chi connectivity index (χ1n) is 11.7. The number of unbranched alkanes of at least 4 members (excludes halogenated alkanes) is 14. The van der Waals surface area contributed by atoms with Crippen LogP contribution in [0.15, 0.2) is 12.2 Å². The number of esters is 1. The summed E-state index contributed by atoms with van der Waals surface area (Å²) < 4.78 is 5.26. The number of rotatable bonds is 21. The maximum atomic E-state index is 11.6. The van der Waals surface area contributed by atoms with Gasteiger partial charge in [0.2, 0.25) is 0 Å². The molecule has 0 fully saturated rings. The van der Waals surface area contributed by atoms with E-state index in [1.165, 1.54) is 70.6 Å². The first kappa shape index (κ1) is 26.5. The average molecular weight is 401 g/mol. The highest BCUT2D eigenvalue weighted by Gasteiger charge is 2.02. The average Bonchev–Trinajstić information content (AvgIpc) is 2.67. The van der Waals surface area contributed by atoms with E-state index in [0.717, 1.165) is 44.4 Å². The van der Waals surface area contributed by atoms with Gasteiger partial charge in [-0.15, -0.1) is 11.6 Å². The Bertz CT molecular complexity index is 328. The van der Waals surface area contributed by atoms with Crippen LogP contribution in [0.1, 0.15) is 122 Å². The van der Waals surface area contributed by atoms with Gasteiger partial charge in [-0.05, 0) is 44.9 Å². The topological polar surface area (TPSA) is 26.3 Å². The second-order valence-corrected chi connectivity index (χ2v) is 8.04. The first-order chi connectivity index (χ1) is 13.3. The summed E-state index contributed by atoms with van der Waals surface area (Å²) in [5.74, 6) is 0.708. The number of hydrogen-bond acceptors (Lipinski definition) is 2. The second kappa shape index (κ2) is 23.5. The smallest absolute Gasteiger partial charge is 0.305 e. The molecule has 0 N–H and O–H groups in total. The van der Waals surface area contributed by atoms with Crippen molar-refractivity contribution in [1.29, 1.82) is 0 Å². The molecule has 0 rings (SSSR count). The number of alkyl halides is 1. The molecule has 0 aromatic rings. The third-order valence-electron chi connectivity index (χ3n) is 4.93. The highest BCUT2D eigenvalue weighted by atomic mass is 35.5. The minimum Gasteiger partial charge on any atom is -0.466 e. The van der Waals surface area contributed by atoms with Crippen LogP contribution in [0.2, 0.25) is 0 Å². The summed E-state index contributed by atoms with van der Waals surface area (Å²) in [7, 11) is 0. The lowest BCUT2D eigenvalue weighted by molar-refractivity contribution is -0.143. The SMILES string of the molecule is CCCCCCCC/C=C\CCCCCCCC(=O)OCCCCCCCl. The largest absolute Gasteiger partial charge is 0.466 e. The Morgan fingerprint density at radius 2 is 1.22 bits per heavy atom. The molecule has 0 saturated carbocycles. The van der Waals surface area contributed by atoms with Gasteiger partial charge < -0.3 is 4.74 Å². The summed E-state index contributed by atoms with van der Waals surface area (Å²) in [5.41, 5.74) is 0. The van der Waals surface area contributed by atoms with E-state index < -0.39 is 0 Å². The molecule has 0 atom stereocenters. The number of allylic oxidation sites excluding steroid dienone is 2. The van der Waals surface area contributed by atoms with Crippen molar-refractivity contribution < 1.29 is 9.53 Å². The number of hydrogen-bond donors (Lipinski definition) is 0. The van der Waals surface area contributed by atoms with Crippen LogP contribution in [-0.4, -0.2) is 18.5 Å². The zero-order chi connectivity index (χ0) is 19.8. The van der Waals surface area contributed by atoms with E-state index in [-0.39, 0.29) is 5.97 Å². The van der Waals surface area contributed by atoms with Crippen molar-refractivity contribution >= 4 is 17.6 Å². The Kier molecular flexibility index (Phi) is 23.1. The molecule has 0 radical (unpaired) electrons. The van der Waals surface area contributed by atoms with Crippen molar-refractivity contribution in [2.45, 2.75) is 122 Å². The summed E-state index contributed by atoms with van der Waals surface area (Å²) in [6.07, 6.45) is 26.2. The quantitative estimate of drug-likeness (QED) is 0.0836. The molecule has 160 valence electrons. The van der Waals surface area contributed by atoms with E-state index >= 15 is 0 Å². The molecular weight excluding hydrogens is 356 g/mol. The molecule has 3 heteroatoms. The van der Waals surface area contributed by atoms with Gasteiger partial charge in [-0.1, -0.05) is 83.3 Å². The van der Waals surface area contributed by atoms with Crippen molar-refractivity contribution in [1.82, 2.24) is 0 Å². The molecule has 27 heavy (non-hydrogen) atoms. The highest BCUT2D eigenvalue weighted by Crippen LogP contribution is 2.10. The van der Waals surface area contributed by atoms with Gasteiger partial charge in [0.05, 0.1) is 6.61 Å². The number of carbonyl (C=O) groups excluding carboxylic acids is 1. The van der Waals surface area contributed by atoms with Crippen LogP contribution in [0.4, 0.5) is 0 Å². The molecule has 0 unspecified atom stereocenters. The van der Waals surface area contributed by atoms with Crippen molar-refractivity contribution in [3.63, 3.8) is 0 Å². The molecular formula is C24H45ClO2. The minimum absolute atomic E-state index is 0.0232. The fraction of sp³-hybridized carbons (Fsp3) is 0.875. The van der Waals surface area contributed by atoms with Gasteiger partial charge in [0.1, 0.15) is 0 Å². The normalized spacial score (nSPS) is 11.3. The predicted octanol–water partition coefficient (Wildman–Crippen LogP) is 8.37. The Labute approximate surface area is 174 Å². The van der Waals surface area contributed by atoms with Gasteiger partial charge in [-0.25, -0.2) is 0 Å². The van der Waals surface area contributed by atoms with Gasteiger partial charge in [-0.2, -0.15) is 0 Å². The Morgan fingerprint density at radius 1 is 0.704 bits per heavy atom. The molecule has 0 heterocycles. The minimum atomic E-state index is -0.0232. The fourth-order valence-electron chi connectivity index (χ4n) is 3.15. The molecule has 0 spiro atoms. The predicted molar refractivity (Wildman–Crippen MR) is 120 cm³/mol. The Hall–Kier alpha value is -0.500. The summed E-state index contributed by atoms with van der Waals surface area (Å²) in [4.78, 5) is 11.6. The van der Waals surface area contributed by atoms with Crippen LogP contribution >= 0.6 is 11.6 Å². The highest BCUT2D eigenvalue weighted by molar-refractivity contribution is 6.17. The van der Waals surface area contributed by atoms with Gasteiger partial charge in [0.15, 0.2) is 0 Å². The molecule has 0 saturated heterocycles. The molecule has 0 aliphatic heterocycles. The molecule has 0 aliphatic rings. The van der Waals surface area contributed by atoms with Crippen molar-refractivity contribution in [2.75, 3.05) is 12.5 Å². The van der Waals surface area contributed by atoms with Gasteiger partial charge in [0.25, 0.3) is 0 Å². The van der Waals surface area contributed by atoms with Crippen LogP contribution in [0, 0.1) is 0 Å². The number of halogens is 1. The lowest BCUT2D eigenvalue weighted by Gasteiger charge is -2.04. The summed E-state index contributed by atoms with van der Waals surface area (Å²) in [5, 5.41) is 0. The third-order valence-corrected chi connectivity index (χ3v) is 5.20. The fourth-order valence-corrected chi connectivity index (χ4v) is 3.34. The first-order valence-corrected chi connectivity index (χ1v) is 12.2. The van der Waals surface area contributed by atoms with E-state index in [2.05, 4.69) is 19.1 Å². The number of carbonyl (C=O) groups is 1. The third kappa shape index (κ3) is 23.5. The van der Waals surface area contributed by atoms with Crippen LogP contribution in [0.5, 0.6) is 0 Å². The van der Waals surface area contributed by atoms with E-state index in [1.54, 1.807) is 0 Å². The zero-order valence-electron chi connectivity index (χ0n) is 18.0. The summed E-state index contributed by atoms with van der Waals surface area (Å²) in [6.45, 7) is 2.84. The van der Waals surface area contributed by atoms with E-state index in [9.17, 15) is 4.79 Å². The van der Waals surface area contributed by atoms with Crippen molar-refractivity contribution in [3.8, 4) is 0 Å². The molecule has 0 aliphatic carbocycles. The Balaban J connectivity index is 3.19. The van der Waals surface area contributed by atoms with E-state index in [4.69, 9.17) is 16.3 Å². The monoisotopic (exact) mass is 400 g/mol. The molecule has 0 amide bonds. The lowest BCUT2D eigenvalue weighted by Crippen LogP contribution is -2.05. The lowest BCUT2D eigenvalue weighted by atomic mass is 10.1. The van der Waals surface area contributed by atoms with E-state index in [1.807, 2.05) is 0 Å². The van der Waals surface area contributed by atoms with Gasteiger partial charge >= 0.3 is 5.97 Å². The van der Waals surface area contributed by atoms with Crippen molar-refractivity contribution in [3.05, 3.63) is 12.2 Å². The van der Waals surface area contributed by atoms with Crippen LogP contribution < -0.4 is 0 Å². The standard InChI is InChI=1S/C24H45ClO2/c1-2-3-4-5-6-7-8-9-10-11-12-13-14-15-18-21-24(26)27-23-20-17-16-19-22-25/h9-10H,2-8,11-23H2,1H3/b10-9-. The van der Waals surface area contributed by atoms with E-state index in [0.29, 0.717) is 13.0 Å². The van der Waals surface area contributed by atoms with Crippen molar-refractivity contribution in [2.24, 2.45) is 0 Å². The molecule has 0 bridgehead atoms. The summed E-state index contributed by atoms with van der Waals surface area (Å²) in [6, 6.07) is 0. The number of ether oxygens (including phenoxy) is 1. The molecule has 2 nitrogen and oxygen atoms in total. The molecule has 0 aromatic heterocycles. The second-order valence-electron chi connectivity index (χ2n) is 7.66. The van der Waals surface area contributed by atoms with Crippen LogP contribution in [-0.2, 0) is 9.53 Å². The van der Waals surface area contributed by atoms with Gasteiger partial charge in [-0.3, -0.25) is 4.79 Å². The zero-order valence-corrected chi connectivity index (χ0v) is 18.7. The summed E-state index contributed by atoms with van der Waals surface area (Å²) >= 11 is 5.63.